The molecule has 0 saturated heterocycles. The molecule has 0 amide bonds. The number of rotatable bonds is 3. The SMILES string of the molecule is O=P(O)(O)OP(=O)(O)O.OOB(O)O.[NaH].[NaH].[NaH].[NaH].[NaH]. The first-order chi connectivity index (χ1) is 5.98. The summed E-state index contributed by atoms with van der Waals surface area (Å²) >= 11 is 0. The first-order valence-corrected chi connectivity index (χ1v) is 5.53. The molecule has 0 bridgehead atoms. The Morgan fingerprint density at radius 3 is 0.895 bits per heavy atom. The molecule has 0 aromatic heterocycles. The third-order valence-electron chi connectivity index (χ3n) is 0.307. The van der Waals surface area contributed by atoms with E-state index in [4.69, 9.17) is 34.9 Å². The summed E-state index contributed by atoms with van der Waals surface area (Å²) in [4.78, 5) is 33.9. The van der Waals surface area contributed by atoms with Crippen molar-refractivity contribution in [3.63, 3.8) is 0 Å². The van der Waals surface area contributed by atoms with Gasteiger partial charge in [-0.2, -0.15) is 4.31 Å². The van der Waals surface area contributed by atoms with Gasteiger partial charge in [0.25, 0.3) is 0 Å². The van der Waals surface area contributed by atoms with Crippen molar-refractivity contribution in [1.29, 1.82) is 0 Å². The van der Waals surface area contributed by atoms with Crippen molar-refractivity contribution in [2.24, 2.45) is 0 Å². The Morgan fingerprint density at radius 1 is 0.737 bits per heavy atom. The summed E-state index contributed by atoms with van der Waals surface area (Å²) in [6, 6.07) is 0. The van der Waals surface area contributed by atoms with Crippen LogP contribution in [0.5, 0.6) is 0 Å². The zero-order valence-corrected chi connectivity index (χ0v) is 8.02. The maximum absolute atomic E-state index is 9.63. The van der Waals surface area contributed by atoms with Crippen LogP contribution in [0.4, 0.5) is 0 Å². The molecule has 0 saturated carbocycles. The van der Waals surface area contributed by atoms with Gasteiger partial charge in [0.2, 0.25) is 0 Å². The topological polar surface area (TPSA) is 194 Å². The Balaban J connectivity index is -0.0000000261. The summed E-state index contributed by atoms with van der Waals surface area (Å²) in [5.41, 5.74) is 0. The van der Waals surface area contributed by atoms with Gasteiger partial charge in [0.1, 0.15) is 0 Å². The fourth-order valence-corrected chi connectivity index (χ4v) is 1.25. The Kier molecular flexibility index (Phi) is 53.7. The van der Waals surface area contributed by atoms with Gasteiger partial charge in [-0.3, -0.25) is 5.26 Å². The van der Waals surface area contributed by atoms with Crippen LogP contribution in [0, 0.1) is 0 Å². The van der Waals surface area contributed by atoms with Crippen molar-refractivity contribution >= 4 is 171 Å². The second-order valence-electron chi connectivity index (χ2n) is 1.49. The molecule has 0 rings (SSSR count). The summed E-state index contributed by atoms with van der Waals surface area (Å²) < 4.78 is 22.2. The first-order valence-electron chi connectivity index (χ1n) is 2.46. The molecule has 0 atom stereocenters. The van der Waals surface area contributed by atoms with Crippen LogP contribution in [-0.4, -0.2) is 190 Å². The third-order valence-corrected chi connectivity index (χ3v) is 2.01. The second kappa shape index (κ2) is 23.2. The fraction of sp³-hybridized carbons (Fsp3) is 0. The molecule has 0 aliphatic carbocycles. The van der Waals surface area contributed by atoms with E-state index in [9.17, 15) is 9.13 Å². The molecule has 0 aliphatic rings. The van der Waals surface area contributed by atoms with E-state index in [1.807, 2.05) is 0 Å². The van der Waals surface area contributed by atoms with Gasteiger partial charge < -0.3 is 29.6 Å². The van der Waals surface area contributed by atoms with Gasteiger partial charge in [-0.25, -0.2) is 13.9 Å². The van der Waals surface area contributed by atoms with E-state index in [0.717, 1.165) is 0 Å². The molecule has 19 heteroatoms. The van der Waals surface area contributed by atoms with E-state index >= 15 is 0 Å². The molecule has 19 heavy (non-hydrogen) atoms. The molecular formula is H12BNa5O11P2. The van der Waals surface area contributed by atoms with Crippen LogP contribution in [0.15, 0.2) is 0 Å². The summed E-state index contributed by atoms with van der Waals surface area (Å²) in [5.74, 6) is 0. The van der Waals surface area contributed by atoms with E-state index in [-0.39, 0.29) is 148 Å². The summed E-state index contributed by atoms with van der Waals surface area (Å²) in [7, 11) is -12.2. The number of phosphoric acid groups is 2. The predicted octanol–water partition coefficient (Wildman–Crippen LogP) is -5.61. The first kappa shape index (κ1) is 44.0. The molecular weight excluding hydrogens is 364 g/mol. The standard InChI is InChI=1S/BH3O4.5Na.H4O7P2.5H/c2-1(3)5-4;;;;;;1-8(2,3)7-9(4,5)6;;;;;/h2-4H;;;;;;(H2,1,2,3)(H2,4,5,6);;;;;. The van der Waals surface area contributed by atoms with Crippen molar-refractivity contribution < 1.29 is 53.1 Å². The Bertz CT molecular complexity index is 215. The van der Waals surface area contributed by atoms with Crippen LogP contribution < -0.4 is 0 Å². The van der Waals surface area contributed by atoms with Crippen molar-refractivity contribution in [2.45, 2.75) is 0 Å². The fourth-order valence-electron chi connectivity index (χ4n) is 0.139. The van der Waals surface area contributed by atoms with Crippen LogP contribution in [0.2, 0.25) is 0 Å². The number of hydrogen-bond donors (Lipinski definition) is 7. The zero-order chi connectivity index (χ0) is 12.0. The molecule has 96 valence electrons. The third kappa shape index (κ3) is 59.9. The van der Waals surface area contributed by atoms with Crippen molar-refractivity contribution in [1.82, 2.24) is 0 Å². The van der Waals surface area contributed by atoms with Gasteiger partial charge in [-0.1, -0.05) is 0 Å². The molecule has 0 unspecified atom stereocenters. The monoisotopic (exact) mass is 376 g/mol. The molecule has 0 aromatic carbocycles. The average Bonchev–Trinajstić information content (AvgIpc) is 1.80. The molecule has 0 aliphatic heterocycles. The second-order valence-corrected chi connectivity index (χ2v) is 4.11. The molecule has 7 N–H and O–H groups in total. The molecule has 0 spiro atoms. The van der Waals surface area contributed by atoms with Crippen LogP contribution >= 0.6 is 15.6 Å². The summed E-state index contributed by atoms with van der Waals surface area (Å²) in [5, 5.41) is 22.0. The molecule has 0 aromatic rings. The average molecular weight is 376 g/mol. The van der Waals surface area contributed by atoms with E-state index in [1.54, 1.807) is 0 Å². The Hall–Kier alpha value is 5.16. The van der Waals surface area contributed by atoms with Gasteiger partial charge in [-0.05, 0) is 0 Å². The molecule has 0 fully saturated rings. The van der Waals surface area contributed by atoms with Gasteiger partial charge in [-0.15, -0.1) is 0 Å². The minimum absolute atomic E-state index is 0. The summed E-state index contributed by atoms with van der Waals surface area (Å²) in [6.45, 7) is 0. The minimum atomic E-state index is -5.05. The van der Waals surface area contributed by atoms with Crippen LogP contribution in [0.1, 0.15) is 0 Å². The number of hydrogen-bond acceptors (Lipinski definition) is 7. The van der Waals surface area contributed by atoms with Crippen molar-refractivity contribution in [3.8, 4) is 0 Å². The molecule has 0 radical (unpaired) electrons. The summed E-state index contributed by atoms with van der Waals surface area (Å²) in [6.07, 6.45) is 0. The van der Waals surface area contributed by atoms with Gasteiger partial charge in [0.15, 0.2) is 0 Å². The van der Waals surface area contributed by atoms with Gasteiger partial charge in [0, 0.05) is 0 Å². The molecule has 0 heterocycles. The van der Waals surface area contributed by atoms with Crippen molar-refractivity contribution in [3.05, 3.63) is 0 Å². The van der Waals surface area contributed by atoms with Crippen molar-refractivity contribution in [2.75, 3.05) is 0 Å². The Labute approximate surface area is 219 Å². The maximum atomic E-state index is 9.63. The zero-order valence-electron chi connectivity index (χ0n) is 6.24. The van der Waals surface area contributed by atoms with Crippen LogP contribution in [0.3, 0.4) is 0 Å². The van der Waals surface area contributed by atoms with E-state index in [1.165, 1.54) is 0 Å². The van der Waals surface area contributed by atoms with E-state index in [0.29, 0.717) is 0 Å². The Morgan fingerprint density at radius 2 is 0.895 bits per heavy atom. The van der Waals surface area contributed by atoms with E-state index in [2.05, 4.69) is 9.12 Å². The quantitative estimate of drug-likeness (QED) is 0.107. The van der Waals surface area contributed by atoms with Crippen LogP contribution in [0.25, 0.3) is 0 Å². The van der Waals surface area contributed by atoms with Gasteiger partial charge in [0.05, 0.1) is 0 Å². The van der Waals surface area contributed by atoms with Gasteiger partial charge >= 0.3 is 171 Å². The predicted molar refractivity (Wildman–Crippen MR) is 74.8 cm³/mol. The van der Waals surface area contributed by atoms with E-state index < -0.39 is 23.0 Å². The molecule has 11 nitrogen and oxygen atoms in total. The van der Waals surface area contributed by atoms with Crippen LogP contribution in [-0.2, 0) is 18.2 Å². The normalized spacial score (nSPS) is 8.58.